The van der Waals surface area contributed by atoms with E-state index in [9.17, 15) is 14.4 Å². The molecule has 2 heterocycles. The number of piperazine rings is 1. The van der Waals surface area contributed by atoms with E-state index in [-0.39, 0.29) is 30.4 Å². The number of hydrogen-bond donors (Lipinski definition) is 2. The minimum atomic E-state index is -0.252. The lowest BCUT2D eigenvalue weighted by atomic mass is 10.2. The minimum absolute atomic E-state index is 0.0217. The number of nitrogens with one attached hydrogen (secondary N) is 2. The smallest absolute Gasteiger partial charge is 0.317 e. The summed E-state index contributed by atoms with van der Waals surface area (Å²) in [6.07, 6.45) is 0. The molecule has 2 aromatic carbocycles. The maximum Gasteiger partial charge on any atom is 0.317 e. The van der Waals surface area contributed by atoms with Crippen molar-refractivity contribution in [2.75, 3.05) is 42.9 Å². The molecule has 0 aliphatic carbocycles. The van der Waals surface area contributed by atoms with Gasteiger partial charge in [0.25, 0.3) is 5.91 Å². The summed E-state index contributed by atoms with van der Waals surface area (Å²) in [6, 6.07) is 21.0. The van der Waals surface area contributed by atoms with Crippen LogP contribution in [-0.2, 0) is 11.3 Å². The molecule has 4 rings (SSSR count). The molecule has 1 fully saturated rings. The number of hydrogen-bond acceptors (Lipinski definition) is 5. The standard InChI is InChI=1S/C28H33N5O3S/c1-21(2)29-28(36)32-16-14-31(15-17-32)24-12-10-23(11-13-24)30-26(34)20-33(19-22-7-4-3-5-8-22)27(35)25-9-6-18-37-25/h3-13,18,21H,14-17,19-20H2,1-2H3,(H,29,36)(H,30,34). The van der Waals surface area contributed by atoms with E-state index >= 15 is 0 Å². The molecular weight excluding hydrogens is 486 g/mol. The first kappa shape index (κ1) is 26.2. The first-order valence-electron chi connectivity index (χ1n) is 12.5. The summed E-state index contributed by atoms with van der Waals surface area (Å²) < 4.78 is 0. The van der Waals surface area contributed by atoms with E-state index in [0.717, 1.165) is 24.3 Å². The number of amides is 4. The van der Waals surface area contributed by atoms with E-state index in [1.54, 1.807) is 11.0 Å². The Balaban J connectivity index is 1.33. The van der Waals surface area contributed by atoms with Crippen LogP contribution in [-0.4, -0.2) is 66.4 Å². The molecular formula is C28H33N5O3S. The number of carbonyl (C=O) groups is 3. The predicted octanol–water partition coefficient (Wildman–Crippen LogP) is 4.27. The van der Waals surface area contributed by atoms with Gasteiger partial charge in [-0.3, -0.25) is 9.59 Å². The third-order valence-electron chi connectivity index (χ3n) is 6.07. The minimum Gasteiger partial charge on any atom is -0.368 e. The summed E-state index contributed by atoms with van der Waals surface area (Å²) in [5.41, 5.74) is 2.68. The summed E-state index contributed by atoms with van der Waals surface area (Å²) in [4.78, 5) is 44.4. The van der Waals surface area contributed by atoms with Crippen molar-refractivity contribution >= 4 is 40.6 Å². The maximum atomic E-state index is 13.1. The molecule has 0 bridgehead atoms. The normalized spacial score (nSPS) is 13.4. The number of urea groups is 1. The highest BCUT2D eigenvalue weighted by Gasteiger charge is 2.22. The van der Waals surface area contributed by atoms with Crippen LogP contribution in [0.4, 0.5) is 16.2 Å². The van der Waals surface area contributed by atoms with Crippen LogP contribution in [0.15, 0.2) is 72.1 Å². The summed E-state index contributed by atoms with van der Waals surface area (Å²) in [6.45, 7) is 7.03. The fraction of sp³-hybridized carbons (Fsp3) is 0.321. The van der Waals surface area contributed by atoms with E-state index < -0.39 is 0 Å². The van der Waals surface area contributed by atoms with E-state index in [1.807, 2.05) is 84.8 Å². The highest BCUT2D eigenvalue weighted by atomic mass is 32.1. The first-order chi connectivity index (χ1) is 17.9. The zero-order valence-electron chi connectivity index (χ0n) is 21.2. The van der Waals surface area contributed by atoms with Gasteiger partial charge >= 0.3 is 6.03 Å². The monoisotopic (exact) mass is 519 g/mol. The Morgan fingerprint density at radius 2 is 1.62 bits per heavy atom. The molecule has 1 saturated heterocycles. The van der Waals surface area contributed by atoms with Gasteiger partial charge in [-0.25, -0.2) is 4.79 Å². The van der Waals surface area contributed by atoms with Gasteiger partial charge in [-0.2, -0.15) is 0 Å². The molecule has 1 aliphatic rings. The van der Waals surface area contributed by atoms with Crippen molar-refractivity contribution < 1.29 is 14.4 Å². The van der Waals surface area contributed by atoms with Gasteiger partial charge in [-0.1, -0.05) is 36.4 Å². The van der Waals surface area contributed by atoms with Crippen LogP contribution in [0.1, 0.15) is 29.1 Å². The molecule has 0 atom stereocenters. The van der Waals surface area contributed by atoms with Crippen molar-refractivity contribution in [3.05, 3.63) is 82.6 Å². The van der Waals surface area contributed by atoms with Gasteiger partial charge in [0.05, 0.1) is 4.88 Å². The highest BCUT2D eigenvalue weighted by Crippen LogP contribution is 2.20. The lowest BCUT2D eigenvalue weighted by Gasteiger charge is -2.36. The second-order valence-electron chi connectivity index (χ2n) is 9.30. The second-order valence-corrected chi connectivity index (χ2v) is 10.2. The molecule has 0 radical (unpaired) electrons. The average molecular weight is 520 g/mol. The molecule has 4 amide bonds. The van der Waals surface area contributed by atoms with Gasteiger partial charge in [0, 0.05) is 50.1 Å². The largest absolute Gasteiger partial charge is 0.368 e. The van der Waals surface area contributed by atoms with Gasteiger partial charge in [0.15, 0.2) is 0 Å². The Bertz CT molecular complexity index is 1170. The molecule has 1 aromatic heterocycles. The highest BCUT2D eigenvalue weighted by molar-refractivity contribution is 7.12. The van der Waals surface area contributed by atoms with Gasteiger partial charge < -0.3 is 25.3 Å². The summed E-state index contributed by atoms with van der Waals surface area (Å²) in [5.74, 6) is -0.413. The van der Waals surface area contributed by atoms with Gasteiger partial charge in [-0.15, -0.1) is 11.3 Å². The average Bonchev–Trinajstić information content (AvgIpc) is 3.44. The molecule has 0 saturated carbocycles. The molecule has 9 heteroatoms. The van der Waals surface area contributed by atoms with E-state index in [4.69, 9.17) is 0 Å². The number of anilines is 2. The molecule has 37 heavy (non-hydrogen) atoms. The van der Waals surface area contributed by atoms with E-state index in [2.05, 4.69) is 15.5 Å². The van der Waals surface area contributed by atoms with Crippen molar-refractivity contribution in [3.8, 4) is 0 Å². The number of thiophene rings is 1. The van der Waals surface area contributed by atoms with Gasteiger partial charge in [-0.05, 0) is 55.1 Å². The Morgan fingerprint density at radius 3 is 2.24 bits per heavy atom. The Hall–Kier alpha value is -3.85. The lowest BCUT2D eigenvalue weighted by molar-refractivity contribution is -0.117. The fourth-order valence-electron chi connectivity index (χ4n) is 4.19. The number of carbonyl (C=O) groups excluding carboxylic acids is 3. The van der Waals surface area contributed by atoms with E-state index in [1.165, 1.54) is 11.3 Å². The van der Waals surface area contributed by atoms with Crippen LogP contribution >= 0.6 is 11.3 Å². The van der Waals surface area contributed by atoms with Crippen molar-refractivity contribution in [1.82, 2.24) is 15.1 Å². The zero-order valence-corrected chi connectivity index (χ0v) is 22.0. The van der Waals surface area contributed by atoms with Crippen molar-refractivity contribution in [2.45, 2.75) is 26.4 Å². The van der Waals surface area contributed by atoms with Crippen molar-refractivity contribution in [1.29, 1.82) is 0 Å². The topological polar surface area (TPSA) is 85.0 Å². The third-order valence-corrected chi connectivity index (χ3v) is 6.92. The molecule has 0 unspecified atom stereocenters. The van der Waals surface area contributed by atoms with Crippen LogP contribution < -0.4 is 15.5 Å². The van der Waals surface area contributed by atoms with Crippen LogP contribution in [0.5, 0.6) is 0 Å². The quantitative estimate of drug-likeness (QED) is 0.466. The summed E-state index contributed by atoms with van der Waals surface area (Å²) >= 11 is 1.37. The fourth-order valence-corrected chi connectivity index (χ4v) is 4.89. The van der Waals surface area contributed by atoms with Crippen molar-refractivity contribution in [3.63, 3.8) is 0 Å². The van der Waals surface area contributed by atoms with Crippen LogP contribution in [0.2, 0.25) is 0 Å². The van der Waals surface area contributed by atoms with Crippen LogP contribution in [0.3, 0.4) is 0 Å². The summed E-state index contributed by atoms with van der Waals surface area (Å²) in [7, 11) is 0. The number of nitrogens with zero attached hydrogens (tertiary/aromatic N) is 3. The molecule has 3 aromatic rings. The first-order valence-corrected chi connectivity index (χ1v) is 13.3. The zero-order chi connectivity index (χ0) is 26.2. The number of benzene rings is 2. The van der Waals surface area contributed by atoms with Gasteiger partial charge in [0.2, 0.25) is 5.91 Å². The molecule has 8 nitrogen and oxygen atoms in total. The molecule has 0 spiro atoms. The SMILES string of the molecule is CC(C)NC(=O)N1CCN(c2ccc(NC(=O)CN(Cc3ccccc3)C(=O)c3cccs3)cc2)CC1. The Kier molecular flexibility index (Phi) is 8.79. The third kappa shape index (κ3) is 7.33. The molecule has 2 N–H and O–H groups in total. The predicted molar refractivity (Wildman–Crippen MR) is 148 cm³/mol. The molecule has 1 aliphatic heterocycles. The van der Waals surface area contributed by atoms with E-state index in [0.29, 0.717) is 30.2 Å². The van der Waals surface area contributed by atoms with Gasteiger partial charge in [0.1, 0.15) is 6.54 Å². The second kappa shape index (κ2) is 12.4. The Morgan fingerprint density at radius 1 is 0.919 bits per heavy atom. The maximum absolute atomic E-state index is 13.1. The van der Waals surface area contributed by atoms with Crippen LogP contribution in [0, 0.1) is 0 Å². The Labute approximate surface area is 221 Å². The van der Waals surface area contributed by atoms with Crippen LogP contribution in [0.25, 0.3) is 0 Å². The van der Waals surface area contributed by atoms with Crippen molar-refractivity contribution in [2.24, 2.45) is 0 Å². The lowest BCUT2D eigenvalue weighted by Crippen LogP contribution is -2.52. The number of rotatable bonds is 8. The summed E-state index contributed by atoms with van der Waals surface area (Å²) in [5, 5.41) is 7.72. The molecule has 194 valence electrons.